The summed E-state index contributed by atoms with van der Waals surface area (Å²) in [4.78, 5) is 14.2. The van der Waals surface area contributed by atoms with Crippen molar-refractivity contribution in [1.82, 2.24) is 14.7 Å². The van der Waals surface area contributed by atoms with Gasteiger partial charge in [-0.1, -0.05) is 19.3 Å². The van der Waals surface area contributed by atoms with E-state index in [9.17, 15) is 13.6 Å². The molecular weight excluding hydrogens is 328 g/mol. The van der Waals surface area contributed by atoms with E-state index >= 15 is 0 Å². The normalized spacial score (nSPS) is 18.9. The van der Waals surface area contributed by atoms with Crippen molar-refractivity contribution in [3.05, 3.63) is 17.5 Å². The molecular formula is C18H27F2N3O2. The molecule has 1 aromatic heterocycles. The molecule has 0 atom stereocenters. The summed E-state index contributed by atoms with van der Waals surface area (Å²) in [5.74, 6) is -0.0845. The maximum Gasteiger partial charge on any atom is 0.341 e. The fourth-order valence-electron chi connectivity index (χ4n) is 3.74. The van der Waals surface area contributed by atoms with Crippen LogP contribution in [0, 0.1) is 5.92 Å². The molecule has 0 unspecified atom stereocenters. The molecule has 0 radical (unpaired) electrons. The summed E-state index contributed by atoms with van der Waals surface area (Å²) in [6, 6.07) is 0.461. The molecule has 0 aliphatic heterocycles. The van der Waals surface area contributed by atoms with Gasteiger partial charge in [-0.25, -0.2) is 18.3 Å². The number of halogens is 2. The summed E-state index contributed by atoms with van der Waals surface area (Å²) in [5.41, 5.74) is -0.446. The summed E-state index contributed by atoms with van der Waals surface area (Å²) in [6.07, 6.45) is 6.96. The minimum Gasteiger partial charge on any atom is -0.462 e. The van der Waals surface area contributed by atoms with E-state index in [1.807, 2.05) is 0 Å². The Kier molecular flexibility index (Phi) is 6.04. The first-order valence-corrected chi connectivity index (χ1v) is 9.35. The number of nitrogens with zero attached hydrogens (tertiary/aromatic N) is 3. The molecule has 5 nitrogen and oxygen atoms in total. The van der Waals surface area contributed by atoms with Crippen LogP contribution in [-0.4, -0.2) is 39.8 Å². The van der Waals surface area contributed by atoms with Crippen LogP contribution < -0.4 is 0 Å². The van der Waals surface area contributed by atoms with Crippen molar-refractivity contribution in [2.75, 3.05) is 13.2 Å². The number of hydrogen-bond acceptors (Lipinski definition) is 4. The van der Waals surface area contributed by atoms with Gasteiger partial charge in [0.1, 0.15) is 11.3 Å². The summed E-state index contributed by atoms with van der Waals surface area (Å²) in [7, 11) is 0. The average Bonchev–Trinajstić information content (AvgIpc) is 3.35. The fraction of sp³-hybridized carbons (Fsp3) is 0.778. The van der Waals surface area contributed by atoms with E-state index in [-0.39, 0.29) is 17.9 Å². The fourth-order valence-corrected chi connectivity index (χ4v) is 3.74. The van der Waals surface area contributed by atoms with Crippen LogP contribution in [0.25, 0.3) is 0 Å². The minimum absolute atomic E-state index is 0.120. The zero-order chi connectivity index (χ0) is 17.8. The number of carbonyl (C=O) groups excluding carboxylic acids is 1. The van der Waals surface area contributed by atoms with Crippen LogP contribution in [0.15, 0.2) is 6.20 Å². The first kappa shape index (κ1) is 18.3. The third-order valence-corrected chi connectivity index (χ3v) is 5.18. The van der Waals surface area contributed by atoms with Gasteiger partial charge in [0.25, 0.3) is 6.43 Å². The first-order valence-electron chi connectivity index (χ1n) is 9.35. The molecule has 0 amide bonds. The standard InChI is InChI=1S/C18H27F2N3O2/c1-2-25-18(24)15-10-21-23(16(15)17(19)20)12-22(14-8-9-14)11-13-6-4-3-5-7-13/h10,13-14,17H,2-9,11-12H2,1H3. The number of carbonyl (C=O) groups is 1. The van der Waals surface area contributed by atoms with E-state index in [4.69, 9.17) is 4.74 Å². The van der Waals surface area contributed by atoms with Crippen molar-refractivity contribution in [3.63, 3.8) is 0 Å². The Balaban J connectivity index is 1.74. The molecule has 0 bridgehead atoms. The largest absolute Gasteiger partial charge is 0.462 e. The van der Waals surface area contributed by atoms with Crippen LogP contribution in [0.2, 0.25) is 0 Å². The van der Waals surface area contributed by atoms with Gasteiger partial charge in [-0.3, -0.25) is 4.90 Å². The van der Waals surface area contributed by atoms with Gasteiger partial charge in [-0.05, 0) is 38.5 Å². The number of hydrogen-bond donors (Lipinski definition) is 0. The molecule has 2 saturated carbocycles. The molecule has 3 rings (SSSR count). The van der Waals surface area contributed by atoms with E-state index in [1.165, 1.54) is 43.0 Å². The smallest absolute Gasteiger partial charge is 0.341 e. The molecule has 2 aliphatic carbocycles. The number of aromatic nitrogens is 2. The Hall–Kier alpha value is -1.50. The van der Waals surface area contributed by atoms with Gasteiger partial charge >= 0.3 is 5.97 Å². The van der Waals surface area contributed by atoms with E-state index in [2.05, 4.69) is 10.00 Å². The summed E-state index contributed by atoms with van der Waals surface area (Å²) in [5, 5.41) is 4.08. The van der Waals surface area contributed by atoms with Gasteiger partial charge in [0, 0.05) is 12.6 Å². The molecule has 1 heterocycles. The SMILES string of the molecule is CCOC(=O)c1cnn(CN(CC2CCCCC2)C2CC2)c1C(F)F. The highest BCUT2D eigenvalue weighted by molar-refractivity contribution is 5.90. The molecule has 25 heavy (non-hydrogen) atoms. The Morgan fingerprint density at radius 3 is 2.64 bits per heavy atom. The summed E-state index contributed by atoms with van der Waals surface area (Å²) in [6.45, 7) is 3.06. The second-order valence-electron chi connectivity index (χ2n) is 7.11. The number of ether oxygens (including phenoxy) is 1. The van der Waals surface area contributed by atoms with Gasteiger partial charge in [0.2, 0.25) is 0 Å². The van der Waals surface area contributed by atoms with Crippen LogP contribution in [0.1, 0.15) is 74.3 Å². The lowest BCUT2D eigenvalue weighted by molar-refractivity contribution is 0.0511. The molecule has 140 valence electrons. The van der Waals surface area contributed by atoms with Crippen LogP contribution in [0.4, 0.5) is 8.78 Å². The monoisotopic (exact) mass is 355 g/mol. The maximum absolute atomic E-state index is 13.6. The molecule has 2 fully saturated rings. The molecule has 0 spiro atoms. The van der Waals surface area contributed by atoms with E-state index in [0.717, 1.165) is 19.4 Å². The zero-order valence-electron chi connectivity index (χ0n) is 14.8. The first-order chi connectivity index (χ1) is 12.1. The molecule has 1 aromatic rings. The van der Waals surface area contributed by atoms with Crippen molar-refractivity contribution in [2.45, 2.75) is 71.0 Å². The molecule has 0 saturated heterocycles. The van der Waals surface area contributed by atoms with Crippen molar-refractivity contribution in [1.29, 1.82) is 0 Å². The lowest BCUT2D eigenvalue weighted by Gasteiger charge is -2.30. The van der Waals surface area contributed by atoms with Crippen molar-refractivity contribution in [3.8, 4) is 0 Å². The predicted octanol–water partition coefficient (Wildman–Crippen LogP) is 4.00. The minimum atomic E-state index is -2.75. The van der Waals surface area contributed by atoms with Crippen molar-refractivity contribution < 1.29 is 18.3 Å². The maximum atomic E-state index is 13.6. The highest BCUT2D eigenvalue weighted by Gasteiger charge is 2.33. The van der Waals surface area contributed by atoms with Crippen LogP contribution in [0.3, 0.4) is 0 Å². The van der Waals surface area contributed by atoms with Gasteiger partial charge in [-0.15, -0.1) is 0 Å². The van der Waals surface area contributed by atoms with Crippen LogP contribution in [-0.2, 0) is 11.4 Å². The van der Waals surface area contributed by atoms with Gasteiger partial charge in [0.05, 0.1) is 19.5 Å². The van der Waals surface area contributed by atoms with E-state index in [1.54, 1.807) is 6.92 Å². The zero-order valence-corrected chi connectivity index (χ0v) is 14.8. The summed E-state index contributed by atoms with van der Waals surface area (Å²) < 4.78 is 33.3. The molecule has 0 N–H and O–H groups in total. The third-order valence-electron chi connectivity index (χ3n) is 5.18. The lowest BCUT2D eigenvalue weighted by Crippen LogP contribution is -2.35. The van der Waals surface area contributed by atoms with Gasteiger partial charge in [-0.2, -0.15) is 5.10 Å². The second-order valence-corrected chi connectivity index (χ2v) is 7.11. The Labute approximate surface area is 147 Å². The quantitative estimate of drug-likeness (QED) is 0.661. The number of alkyl halides is 2. The topological polar surface area (TPSA) is 47.4 Å². The third kappa shape index (κ3) is 4.57. The molecule has 2 aliphatic rings. The Bertz CT molecular complexity index is 581. The highest BCUT2D eigenvalue weighted by Crippen LogP contribution is 2.32. The number of rotatable bonds is 8. The summed E-state index contributed by atoms with van der Waals surface area (Å²) >= 11 is 0. The van der Waals surface area contributed by atoms with Crippen LogP contribution in [0.5, 0.6) is 0 Å². The van der Waals surface area contributed by atoms with E-state index in [0.29, 0.717) is 18.6 Å². The van der Waals surface area contributed by atoms with E-state index < -0.39 is 12.4 Å². The van der Waals surface area contributed by atoms with Crippen LogP contribution >= 0.6 is 0 Å². The average molecular weight is 355 g/mol. The molecule has 0 aromatic carbocycles. The van der Waals surface area contributed by atoms with Gasteiger partial charge in [0.15, 0.2) is 0 Å². The molecule has 7 heteroatoms. The highest BCUT2D eigenvalue weighted by atomic mass is 19.3. The lowest BCUT2D eigenvalue weighted by atomic mass is 9.89. The number of esters is 1. The van der Waals surface area contributed by atoms with Crippen molar-refractivity contribution in [2.24, 2.45) is 5.92 Å². The Morgan fingerprint density at radius 1 is 1.32 bits per heavy atom. The second kappa shape index (κ2) is 8.25. The van der Waals surface area contributed by atoms with Crippen molar-refractivity contribution >= 4 is 5.97 Å². The predicted molar refractivity (Wildman–Crippen MR) is 89.4 cm³/mol. The van der Waals surface area contributed by atoms with Gasteiger partial charge < -0.3 is 4.74 Å². The Morgan fingerprint density at radius 2 is 2.04 bits per heavy atom.